The fraction of sp³-hybridized carbons (Fsp3) is 0.929. The highest BCUT2D eigenvalue weighted by Crippen LogP contribution is 2.28. The van der Waals surface area contributed by atoms with Crippen molar-refractivity contribution >= 4 is 5.97 Å². The Morgan fingerprint density at radius 2 is 2.22 bits per heavy atom. The van der Waals surface area contributed by atoms with Gasteiger partial charge in [0.05, 0.1) is 6.61 Å². The van der Waals surface area contributed by atoms with E-state index in [1.54, 1.807) is 0 Å². The second-order valence-electron chi connectivity index (χ2n) is 5.33. The quantitative estimate of drug-likeness (QED) is 0.756. The number of hydrogen-bond donors (Lipinski definition) is 1. The van der Waals surface area contributed by atoms with Crippen molar-refractivity contribution in [1.82, 2.24) is 10.2 Å². The summed E-state index contributed by atoms with van der Waals surface area (Å²) in [7, 11) is 0. The zero-order valence-electron chi connectivity index (χ0n) is 11.7. The number of rotatable bonds is 5. The maximum absolute atomic E-state index is 12.0. The Morgan fingerprint density at radius 1 is 1.39 bits per heavy atom. The lowest BCUT2D eigenvalue weighted by atomic mass is 10.0. The molecule has 18 heavy (non-hydrogen) atoms. The van der Waals surface area contributed by atoms with E-state index < -0.39 is 0 Å². The van der Waals surface area contributed by atoms with Crippen molar-refractivity contribution in [1.29, 1.82) is 0 Å². The molecule has 104 valence electrons. The molecule has 4 heteroatoms. The van der Waals surface area contributed by atoms with Crippen LogP contribution in [0.15, 0.2) is 0 Å². The molecule has 2 saturated heterocycles. The zero-order valence-corrected chi connectivity index (χ0v) is 11.7. The molecular formula is C14H26N2O2. The molecule has 0 saturated carbocycles. The predicted octanol–water partition coefficient (Wildman–Crippen LogP) is 1.54. The van der Waals surface area contributed by atoms with E-state index >= 15 is 0 Å². The number of likely N-dealkylation sites (tertiary alicyclic amines) is 1. The first-order chi connectivity index (χ1) is 8.77. The van der Waals surface area contributed by atoms with Crippen LogP contribution >= 0.6 is 0 Å². The second-order valence-corrected chi connectivity index (χ2v) is 5.33. The highest BCUT2D eigenvalue weighted by atomic mass is 16.5. The SMILES string of the molecule is CCOC(=O)C(CC)N1CCCC1C1CCCN1. The molecule has 0 spiro atoms. The van der Waals surface area contributed by atoms with Gasteiger partial charge in [0, 0.05) is 12.1 Å². The first-order valence-corrected chi connectivity index (χ1v) is 7.43. The van der Waals surface area contributed by atoms with E-state index in [1.807, 2.05) is 6.92 Å². The van der Waals surface area contributed by atoms with Crippen LogP contribution in [0.5, 0.6) is 0 Å². The molecule has 3 unspecified atom stereocenters. The van der Waals surface area contributed by atoms with Crippen molar-refractivity contribution in [3.63, 3.8) is 0 Å². The van der Waals surface area contributed by atoms with Crippen LogP contribution in [0, 0.1) is 0 Å². The van der Waals surface area contributed by atoms with Crippen LogP contribution in [-0.4, -0.2) is 48.7 Å². The van der Waals surface area contributed by atoms with E-state index in [0.29, 0.717) is 18.7 Å². The van der Waals surface area contributed by atoms with Gasteiger partial charge in [-0.2, -0.15) is 0 Å². The van der Waals surface area contributed by atoms with Gasteiger partial charge >= 0.3 is 5.97 Å². The van der Waals surface area contributed by atoms with Gasteiger partial charge in [-0.25, -0.2) is 0 Å². The zero-order chi connectivity index (χ0) is 13.0. The lowest BCUT2D eigenvalue weighted by molar-refractivity contribution is -0.150. The van der Waals surface area contributed by atoms with Gasteiger partial charge in [-0.1, -0.05) is 6.92 Å². The number of nitrogens with zero attached hydrogens (tertiary/aromatic N) is 1. The molecule has 2 aliphatic heterocycles. The lowest BCUT2D eigenvalue weighted by Gasteiger charge is -2.34. The molecule has 2 heterocycles. The van der Waals surface area contributed by atoms with E-state index in [4.69, 9.17) is 4.74 Å². The number of hydrogen-bond acceptors (Lipinski definition) is 4. The molecule has 0 radical (unpaired) electrons. The molecule has 0 aromatic heterocycles. The van der Waals surface area contributed by atoms with Crippen LogP contribution in [0.2, 0.25) is 0 Å². The minimum Gasteiger partial charge on any atom is -0.465 e. The molecule has 0 amide bonds. The number of nitrogens with one attached hydrogen (secondary N) is 1. The molecule has 0 aromatic rings. The Labute approximate surface area is 110 Å². The van der Waals surface area contributed by atoms with Crippen molar-refractivity contribution in [2.75, 3.05) is 19.7 Å². The molecule has 2 fully saturated rings. The Kier molecular flexibility index (Phi) is 5.01. The van der Waals surface area contributed by atoms with Gasteiger partial charge in [0.1, 0.15) is 6.04 Å². The molecule has 1 N–H and O–H groups in total. The third-order valence-corrected chi connectivity index (χ3v) is 4.25. The summed E-state index contributed by atoms with van der Waals surface area (Å²) >= 11 is 0. The van der Waals surface area contributed by atoms with Gasteiger partial charge in [0.15, 0.2) is 0 Å². The fourth-order valence-electron chi connectivity index (χ4n) is 3.45. The smallest absolute Gasteiger partial charge is 0.323 e. The number of carbonyl (C=O) groups excluding carboxylic acids is 1. The normalized spacial score (nSPS) is 30.6. The average Bonchev–Trinajstić information content (AvgIpc) is 2.99. The Morgan fingerprint density at radius 3 is 2.83 bits per heavy atom. The highest BCUT2D eigenvalue weighted by Gasteiger charge is 2.39. The van der Waals surface area contributed by atoms with Gasteiger partial charge in [-0.05, 0) is 52.1 Å². The fourth-order valence-corrected chi connectivity index (χ4v) is 3.45. The summed E-state index contributed by atoms with van der Waals surface area (Å²) in [6.07, 6.45) is 5.79. The molecule has 2 aliphatic rings. The van der Waals surface area contributed by atoms with Crippen LogP contribution < -0.4 is 5.32 Å². The second kappa shape index (κ2) is 6.53. The van der Waals surface area contributed by atoms with E-state index in [0.717, 1.165) is 19.5 Å². The summed E-state index contributed by atoms with van der Waals surface area (Å²) in [6.45, 7) is 6.62. The summed E-state index contributed by atoms with van der Waals surface area (Å²) in [6, 6.07) is 1.07. The maximum atomic E-state index is 12.0. The molecule has 0 aromatic carbocycles. The summed E-state index contributed by atoms with van der Waals surface area (Å²) < 4.78 is 5.22. The van der Waals surface area contributed by atoms with Gasteiger partial charge in [-0.3, -0.25) is 9.69 Å². The average molecular weight is 254 g/mol. The first-order valence-electron chi connectivity index (χ1n) is 7.43. The van der Waals surface area contributed by atoms with Gasteiger partial charge in [0.2, 0.25) is 0 Å². The van der Waals surface area contributed by atoms with E-state index in [2.05, 4.69) is 17.1 Å². The Hall–Kier alpha value is -0.610. The van der Waals surface area contributed by atoms with Crippen molar-refractivity contribution in [2.45, 2.75) is 64.1 Å². The van der Waals surface area contributed by atoms with Crippen LogP contribution in [-0.2, 0) is 9.53 Å². The summed E-state index contributed by atoms with van der Waals surface area (Å²) in [5, 5.41) is 3.58. The van der Waals surface area contributed by atoms with E-state index in [1.165, 1.54) is 25.7 Å². The third-order valence-electron chi connectivity index (χ3n) is 4.25. The molecule has 2 rings (SSSR count). The Bertz CT molecular complexity index is 277. The topological polar surface area (TPSA) is 41.6 Å². The number of esters is 1. The minimum atomic E-state index is -0.0418. The van der Waals surface area contributed by atoms with Gasteiger partial charge in [0.25, 0.3) is 0 Å². The summed E-state index contributed by atoms with van der Waals surface area (Å²) in [5.74, 6) is -0.0371. The number of carbonyl (C=O) groups is 1. The highest BCUT2D eigenvalue weighted by molar-refractivity contribution is 5.75. The maximum Gasteiger partial charge on any atom is 0.323 e. The molecule has 0 bridgehead atoms. The minimum absolute atomic E-state index is 0.0371. The monoisotopic (exact) mass is 254 g/mol. The van der Waals surface area contributed by atoms with Crippen molar-refractivity contribution in [2.24, 2.45) is 0 Å². The standard InChI is InChI=1S/C14H26N2O2/c1-3-12(14(17)18-4-2)16-10-6-8-13(16)11-7-5-9-15-11/h11-13,15H,3-10H2,1-2H3. The van der Waals surface area contributed by atoms with Gasteiger partial charge < -0.3 is 10.1 Å². The third kappa shape index (κ3) is 2.86. The van der Waals surface area contributed by atoms with Crippen LogP contribution in [0.4, 0.5) is 0 Å². The van der Waals surface area contributed by atoms with Crippen LogP contribution in [0.1, 0.15) is 46.0 Å². The largest absolute Gasteiger partial charge is 0.465 e. The Balaban J connectivity index is 2.01. The predicted molar refractivity (Wildman–Crippen MR) is 71.5 cm³/mol. The van der Waals surface area contributed by atoms with Crippen molar-refractivity contribution in [3.05, 3.63) is 0 Å². The van der Waals surface area contributed by atoms with E-state index in [9.17, 15) is 4.79 Å². The molecular weight excluding hydrogens is 228 g/mol. The van der Waals surface area contributed by atoms with E-state index in [-0.39, 0.29) is 12.0 Å². The molecule has 4 nitrogen and oxygen atoms in total. The van der Waals surface area contributed by atoms with Gasteiger partial charge in [-0.15, -0.1) is 0 Å². The molecule has 0 aliphatic carbocycles. The molecule has 3 atom stereocenters. The number of ether oxygens (including phenoxy) is 1. The van der Waals surface area contributed by atoms with Crippen molar-refractivity contribution in [3.8, 4) is 0 Å². The first kappa shape index (κ1) is 13.8. The van der Waals surface area contributed by atoms with Crippen LogP contribution in [0.3, 0.4) is 0 Å². The lowest BCUT2D eigenvalue weighted by Crippen LogP contribution is -2.51. The summed E-state index contributed by atoms with van der Waals surface area (Å²) in [4.78, 5) is 14.4. The summed E-state index contributed by atoms with van der Waals surface area (Å²) in [5.41, 5.74) is 0. The van der Waals surface area contributed by atoms with Crippen molar-refractivity contribution < 1.29 is 9.53 Å². The van der Waals surface area contributed by atoms with Crippen LogP contribution in [0.25, 0.3) is 0 Å².